The van der Waals surface area contributed by atoms with Crippen LogP contribution >= 0.6 is 0 Å². The summed E-state index contributed by atoms with van der Waals surface area (Å²) in [4.78, 5) is 10.2. The first-order chi connectivity index (χ1) is 7.18. The van der Waals surface area contributed by atoms with Crippen molar-refractivity contribution >= 4 is 5.97 Å². The van der Waals surface area contributed by atoms with Gasteiger partial charge in [0.05, 0.1) is 0 Å². The SMILES string of the molecule is NC(/C=C/C(=O)O)CCc1ccccc1. The molecule has 0 bridgehead atoms. The van der Waals surface area contributed by atoms with Gasteiger partial charge in [-0.3, -0.25) is 0 Å². The van der Waals surface area contributed by atoms with Crippen molar-refractivity contribution in [3.05, 3.63) is 48.0 Å². The number of rotatable bonds is 5. The van der Waals surface area contributed by atoms with Crippen LogP contribution in [-0.2, 0) is 11.2 Å². The van der Waals surface area contributed by atoms with Crippen LogP contribution in [0.5, 0.6) is 0 Å². The lowest BCUT2D eigenvalue weighted by Crippen LogP contribution is -2.18. The summed E-state index contributed by atoms with van der Waals surface area (Å²) in [6, 6.07) is 9.80. The summed E-state index contributed by atoms with van der Waals surface area (Å²) in [5, 5.41) is 8.41. The molecule has 1 aromatic carbocycles. The van der Waals surface area contributed by atoms with E-state index >= 15 is 0 Å². The van der Waals surface area contributed by atoms with Crippen LogP contribution in [0.15, 0.2) is 42.5 Å². The molecule has 80 valence electrons. The Morgan fingerprint density at radius 3 is 2.67 bits per heavy atom. The molecule has 0 fully saturated rings. The number of carbonyl (C=O) groups is 1. The number of carboxylic acids is 1. The first kappa shape index (κ1) is 11.5. The quantitative estimate of drug-likeness (QED) is 0.717. The third kappa shape index (κ3) is 4.98. The first-order valence-electron chi connectivity index (χ1n) is 4.89. The Labute approximate surface area is 89.2 Å². The number of nitrogens with two attached hydrogens (primary N) is 1. The molecule has 0 amide bonds. The molecule has 0 aliphatic heterocycles. The zero-order valence-electron chi connectivity index (χ0n) is 8.47. The van der Waals surface area contributed by atoms with Gasteiger partial charge in [-0.05, 0) is 18.4 Å². The number of benzene rings is 1. The Bertz CT molecular complexity index is 333. The van der Waals surface area contributed by atoms with Crippen molar-refractivity contribution in [2.45, 2.75) is 18.9 Å². The second kappa shape index (κ2) is 5.98. The highest BCUT2D eigenvalue weighted by atomic mass is 16.4. The molecule has 0 radical (unpaired) electrons. The van der Waals surface area contributed by atoms with Crippen LogP contribution in [0.1, 0.15) is 12.0 Å². The minimum Gasteiger partial charge on any atom is -0.478 e. The first-order valence-corrected chi connectivity index (χ1v) is 4.89. The summed E-state index contributed by atoms with van der Waals surface area (Å²) in [5.41, 5.74) is 6.94. The van der Waals surface area contributed by atoms with Gasteiger partial charge in [0.1, 0.15) is 0 Å². The van der Waals surface area contributed by atoms with Crippen LogP contribution < -0.4 is 5.73 Å². The monoisotopic (exact) mass is 205 g/mol. The summed E-state index contributed by atoms with van der Waals surface area (Å²) in [6.45, 7) is 0. The molecule has 3 nitrogen and oxygen atoms in total. The van der Waals surface area contributed by atoms with Gasteiger partial charge < -0.3 is 10.8 Å². The van der Waals surface area contributed by atoms with Crippen molar-refractivity contribution in [1.29, 1.82) is 0 Å². The zero-order valence-corrected chi connectivity index (χ0v) is 8.47. The summed E-state index contributed by atoms with van der Waals surface area (Å²) in [5.74, 6) is -0.954. The lowest BCUT2D eigenvalue weighted by Gasteiger charge is -2.05. The van der Waals surface area contributed by atoms with E-state index in [2.05, 4.69) is 0 Å². The smallest absolute Gasteiger partial charge is 0.328 e. The lowest BCUT2D eigenvalue weighted by molar-refractivity contribution is -0.131. The Hall–Kier alpha value is -1.61. The zero-order chi connectivity index (χ0) is 11.1. The molecule has 0 spiro atoms. The Kier molecular flexibility index (Phi) is 4.57. The number of aliphatic carboxylic acids is 1. The summed E-state index contributed by atoms with van der Waals surface area (Å²) in [7, 11) is 0. The molecule has 1 unspecified atom stereocenters. The third-order valence-electron chi connectivity index (χ3n) is 2.10. The predicted molar refractivity (Wildman–Crippen MR) is 59.5 cm³/mol. The highest BCUT2D eigenvalue weighted by molar-refractivity contribution is 5.79. The fraction of sp³-hybridized carbons (Fsp3) is 0.250. The van der Waals surface area contributed by atoms with Gasteiger partial charge >= 0.3 is 5.97 Å². The molecule has 0 heterocycles. The van der Waals surface area contributed by atoms with Crippen LogP contribution in [-0.4, -0.2) is 17.1 Å². The molecule has 3 heteroatoms. The number of hydrogen-bond donors (Lipinski definition) is 2. The molecule has 0 aliphatic carbocycles. The van der Waals surface area contributed by atoms with Crippen LogP contribution in [0.3, 0.4) is 0 Å². The van der Waals surface area contributed by atoms with Crippen molar-refractivity contribution < 1.29 is 9.90 Å². The van der Waals surface area contributed by atoms with E-state index in [9.17, 15) is 4.79 Å². The molecule has 3 N–H and O–H groups in total. The molecule has 1 rings (SSSR count). The Morgan fingerprint density at radius 2 is 2.07 bits per heavy atom. The summed E-state index contributed by atoms with van der Waals surface area (Å²) >= 11 is 0. The molecular formula is C12H15NO2. The summed E-state index contributed by atoms with van der Waals surface area (Å²) < 4.78 is 0. The fourth-order valence-electron chi connectivity index (χ4n) is 1.28. The second-order valence-corrected chi connectivity index (χ2v) is 3.39. The van der Waals surface area contributed by atoms with Crippen molar-refractivity contribution in [3.63, 3.8) is 0 Å². The standard InChI is InChI=1S/C12H15NO2/c13-11(8-9-12(14)15)7-6-10-4-2-1-3-5-10/h1-5,8-9,11H,6-7,13H2,(H,14,15)/b9-8+. The van der Waals surface area contributed by atoms with Crippen LogP contribution in [0.2, 0.25) is 0 Å². The highest BCUT2D eigenvalue weighted by Crippen LogP contribution is 2.04. The molecule has 0 aliphatic rings. The van der Waals surface area contributed by atoms with Crippen LogP contribution in [0.4, 0.5) is 0 Å². The van der Waals surface area contributed by atoms with Crippen LogP contribution in [0, 0.1) is 0 Å². The number of aryl methyl sites for hydroxylation is 1. The average Bonchev–Trinajstić information content (AvgIpc) is 2.25. The molecule has 0 saturated heterocycles. The average molecular weight is 205 g/mol. The minimum atomic E-state index is -0.954. The van der Waals surface area contributed by atoms with E-state index in [4.69, 9.17) is 10.8 Å². The second-order valence-electron chi connectivity index (χ2n) is 3.39. The van der Waals surface area contributed by atoms with Crippen LogP contribution in [0.25, 0.3) is 0 Å². The van der Waals surface area contributed by atoms with E-state index < -0.39 is 5.97 Å². The third-order valence-corrected chi connectivity index (χ3v) is 2.10. The maximum Gasteiger partial charge on any atom is 0.328 e. The molecule has 0 saturated carbocycles. The van der Waals surface area contributed by atoms with Gasteiger partial charge in [0.2, 0.25) is 0 Å². The van der Waals surface area contributed by atoms with E-state index in [0.29, 0.717) is 0 Å². The van der Waals surface area contributed by atoms with E-state index in [1.54, 1.807) is 0 Å². The van der Waals surface area contributed by atoms with Gasteiger partial charge in [0, 0.05) is 12.1 Å². The van der Waals surface area contributed by atoms with E-state index in [1.165, 1.54) is 11.6 Å². The number of carboxylic acid groups (broad SMARTS) is 1. The predicted octanol–water partition coefficient (Wildman–Crippen LogP) is 1.59. The van der Waals surface area contributed by atoms with Gasteiger partial charge in [0.25, 0.3) is 0 Å². The lowest BCUT2D eigenvalue weighted by atomic mass is 10.1. The maximum atomic E-state index is 10.2. The van der Waals surface area contributed by atoms with E-state index in [0.717, 1.165) is 18.9 Å². The van der Waals surface area contributed by atoms with Gasteiger partial charge in [-0.15, -0.1) is 0 Å². The molecule has 15 heavy (non-hydrogen) atoms. The minimum absolute atomic E-state index is 0.193. The molecule has 1 atom stereocenters. The largest absolute Gasteiger partial charge is 0.478 e. The van der Waals surface area contributed by atoms with E-state index in [-0.39, 0.29) is 6.04 Å². The Morgan fingerprint density at radius 1 is 1.40 bits per heavy atom. The normalized spacial score (nSPS) is 12.9. The van der Waals surface area contributed by atoms with Gasteiger partial charge in [0.15, 0.2) is 0 Å². The van der Waals surface area contributed by atoms with E-state index in [1.807, 2.05) is 30.3 Å². The highest BCUT2D eigenvalue weighted by Gasteiger charge is 1.99. The Balaban J connectivity index is 2.34. The van der Waals surface area contributed by atoms with Gasteiger partial charge in [-0.2, -0.15) is 0 Å². The maximum absolute atomic E-state index is 10.2. The molecule has 0 aromatic heterocycles. The van der Waals surface area contributed by atoms with Gasteiger partial charge in [-0.25, -0.2) is 4.79 Å². The molecule has 1 aromatic rings. The van der Waals surface area contributed by atoms with Crippen molar-refractivity contribution in [1.82, 2.24) is 0 Å². The van der Waals surface area contributed by atoms with Crippen molar-refractivity contribution in [2.24, 2.45) is 5.73 Å². The van der Waals surface area contributed by atoms with Crippen molar-refractivity contribution in [3.8, 4) is 0 Å². The molecular weight excluding hydrogens is 190 g/mol. The van der Waals surface area contributed by atoms with Crippen molar-refractivity contribution in [2.75, 3.05) is 0 Å². The summed E-state index contributed by atoms with van der Waals surface area (Å²) in [6.07, 6.45) is 4.24. The fourth-order valence-corrected chi connectivity index (χ4v) is 1.28. The van der Waals surface area contributed by atoms with Gasteiger partial charge in [-0.1, -0.05) is 36.4 Å². The number of hydrogen-bond acceptors (Lipinski definition) is 2. The topological polar surface area (TPSA) is 63.3 Å².